The van der Waals surface area contributed by atoms with Gasteiger partial charge in [-0.05, 0) is 35.9 Å². The number of hydrogen-bond donors (Lipinski definition) is 1. The summed E-state index contributed by atoms with van der Waals surface area (Å²) in [6.07, 6.45) is 0. The second-order valence-electron chi connectivity index (χ2n) is 3.83. The van der Waals surface area contributed by atoms with Crippen LogP contribution in [0.5, 0.6) is 0 Å². The predicted octanol–water partition coefficient (Wildman–Crippen LogP) is 6.67. The lowest BCUT2D eigenvalue weighted by Gasteiger charge is -2.12. The van der Waals surface area contributed by atoms with E-state index in [4.69, 9.17) is 46.4 Å². The third-order valence-electron chi connectivity index (χ3n) is 2.47. The summed E-state index contributed by atoms with van der Waals surface area (Å²) in [4.78, 5) is 0. The molecule has 1 nitrogen and oxygen atoms in total. The van der Waals surface area contributed by atoms with Gasteiger partial charge in [-0.25, -0.2) is 0 Å². The van der Waals surface area contributed by atoms with Gasteiger partial charge in [-0.1, -0.05) is 62.3 Å². The van der Waals surface area contributed by atoms with Crippen LogP contribution in [0.25, 0.3) is 0 Å². The lowest BCUT2D eigenvalue weighted by molar-refractivity contribution is 1.15. The quantitative estimate of drug-likeness (QED) is 0.607. The molecule has 0 radical (unpaired) electrons. The molecule has 0 aliphatic carbocycles. The molecular weight excluding hydrogens is 392 g/mol. The van der Waals surface area contributed by atoms with Crippen molar-refractivity contribution in [2.45, 2.75) is 6.54 Å². The van der Waals surface area contributed by atoms with Crippen molar-refractivity contribution in [1.82, 2.24) is 0 Å². The number of hydrogen-bond acceptors (Lipinski definition) is 1. The molecule has 0 unspecified atom stereocenters. The smallest absolute Gasteiger partial charge is 0.0722 e. The predicted molar refractivity (Wildman–Crippen MR) is 88.0 cm³/mol. The standard InChI is InChI=1S/C13H8BrCl4N/c14-8-4-11(17)13(12(18)5-8)19-6-7-3-9(15)1-2-10(7)16/h1-5,19H,6H2. The van der Waals surface area contributed by atoms with Gasteiger partial charge in [0.1, 0.15) is 0 Å². The number of halogens is 5. The van der Waals surface area contributed by atoms with Gasteiger partial charge in [0, 0.05) is 21.1 Å². The summed E-state index contributed by atoms with van der Waals surface area (Å²) < 4.78 is 0.828. The number of benzene rings is 2. The van der Waals surface area contributed by atoms with Gasteiger partial charge in [-0.15, -0.1) is 0 Å². The van der Waals surface area contributed by atoms with Crippen molar-refractivity contribution in [2.75, 3.05) is 5.32 Å². The van der Waals surface area contributed by atoms with E-state index in [0.29, 0.717) is 32.3 Å². The Hall–Kier alpha value is -0.120. The largest absolute Gasteiger partial charge is 0.378 e. The Morgan fingerprint density at radius 2 is 1.53 bits per heavy atom. The minimum atomic E-state index is 0.487. The Balaban J connectivity index is 2.21. The third-order valence-corrected chi connectivity index (χ3v) is 4.13. The molecule has 2 aromatic rings. The first-order valence-electron chi connectivity index (χ1n) is 5.29. The molecular formula is C13H8BrCl4N. The molecule has 0 aliphatic heterocycles. The summed E-state index contributed by atoms with van der Waals surface area (Å²) in [5.74, 6) is 0. The van der Waals surface area contributed by atoms with Crippen LogP contribution in [0.2, 0.25) is 20.1 Å². The van der Waals surface area contributed by atoms with E-state index in [9.17, 15) is 0 Å². The van der Waals surface area contributed by atoms with E-state index in [1.807, 2.05) is 0 Å². The minimum absolute atomic E-state index is 0.487. The molecule has 0 saturated heterocycles. The summed E-state index contributed by atoms with van der Waals surface area (Å²) in [6, 6.07) is 8.85. The number of rotatable bonds is 3. The van der Waals surface area contributed by atoms with Crippen molar-refractivity contribution < 1.29 is 0 Å². The molecule has 100 valence electrons. The maximum atomic E-state index is 6.14. The van der Waals surface area contributed by atoms with Crippen LogP contribution in [0.4, 0.5) is 5.69 Å². The molecule has 0 amide bonds. The summed E-state index contributed by atoms with van der Waals surface area (Å²) in [7, 11) is 0. The molecule has 0 heterocycles. The van der Waals surface area contributed by atoms with Crippen LogP contribution in [-0.2, 0) is 6.54 Å². The Morgan fingerprint density at radius 1 is 0.895 bits per heavy atom. The van der Waals surface area contributed by atoms with Gasteiger partial charge in [-0.2, -0.15) is 0 Å². The Bertz CT molecular complexity index is 593. The van der Waals surface area contributed by atoms with Gasteiger partial charge in [-0.3, -0.25) is 0 Å². The fourth-order valence-corrected chi connectivity index (χ4v) is 3.29. The van der Waals surface area contributed by atoms with Gasteiger partial charge in [0.05, 0.1) is 15.7 Å². The van der Waals surface area contributed by atoms with Crippen LogP contribution in [0.1, 0.15) is 5.56 Å². The van der Waals surface area contributed by atoms with Crippen LogP contribution >= 0.6 is 62.3 Å². The van der Waals surface area contributed by atoms with E-state index in [2.05, 4.69) is 21.2 Å². The number of nitrogens with one attached hydrogen (secondary N) is 1. The lowest BCUT2D eigenvalue weighted by Crippen LogP contribution is -2.01. The molecule has 1 N–H and O–H groups in total. The molecule has 0 atom stereocenters. The van der Waals surface area contributed by atoms with Gasteiger partial charge in [0.2, 0.25) is 0 Å². The van der Waals surface area contributed by atoms with Crippen LogP contribution in [0.15, 0.2) is 34.8 Å². The summed E-state index contributed by atoms with van der Waals surface area (Å²) >= 11 is 27.6. The molecule has 0 aromatic heterocycles. The van der Waals surface area contributed by atoms with E-state index in [-0.39, 0.29) is 0 Å². The van der Waals surface area contributed by atoms with Crippen LogP contribution in [0, 0.1) is 0 Å². The molecule has 0 aliphatic rings. The zero-order chi connectivity index (χ0) is 14.0. The lowest BCUT2D eigenvalue weighted by atomic mass is 10.2. The highest BCUT2D eigenvalue weighted by molar-refractivity contribution is 9.10. The van der Waals surface area contributed by atoms with Crippen LogP contribution < -0.4 is 5.32 Å². The van der Waals surface area contributed by atoms with Crippen LogP contribution in [0.3, 0.4) is 0 Å². The van der Waals surface area contributed by atoms with Gasteiger partial charge >= 0.3 is 0 Å². The van der Waals surface area contributed by atoms with Crippen molar-refractivity contribution in [3.63, 3.8) is 0 Å². The molecule has 0 spiro atoms. The third kappa shape index (κ3) is 3.93. The molecule has 0 fully saturated rings. The van der Waals surface area contributed by atoms with Gasteiger partial charge < -0.3 is 5.32 Å². The molecule has 19 heavy (non-hydrogen) atoms. The van der Waals surface area contributed by atoms with Crippen molar-refractivity contribution in [3.05, 3.63) is 60.5 Å². The molecule has 2 aromatic carbocycles. The second-order valence-corrected chi connectivity index (χ2v) is 6.41. The SMILES string of the molecule is Clc1ccc(Cl)c(CNc2c(Cl)cc(Br)cc2Cl)c1. The molecule has 2 rings (SSSR count). The first-order valence-corrected chi connectivity index (χ1v) is 7.60. The topological polar surface area (TPSA) is 12.0 Å². The van der Waals surface area contributed by atoms with Gasteiger partial charge in [0.25, 0.3) is 0 Å². The minimum Gasteiger partial charge on any atom is -0.378 e. The normalized spacial score (nSPS) is 10.6. The van der Waals surface area contributed by atoms with Crippen molar-refractivity contribution in [2.24, 2.45) is 0 Å². The Morgan fingerprint density at radius 3 is 2.16 bits per heavy atom. The van der Waals surface area contributed by atoms with Crippen molar-refractivity contribution >= 4 is 68.0 Å². The Kier molecular flexibility index (Phi) is 5.27. The molecule has 6 heteroatoms. The highest BCUT2D eigenvalue weighted by Crippen LogP contribution is 2.34. The van der Waals surface area contributed by atoms with Crippen molar-refractivity contribution in [1.29, 1.82) is 0 Å². The van der Waals surface area contributed by atoms with Crippen molar-refractivity contribution in [3.8, 4) is 0 Å². The monoisotopic (exact) mass is 397 g/mol. The summed E-state index contributed by atoms with van der Waals surface area (Å²) in [5, 5.41) is 5.52. The highest BCUT2D eigenvalue weighted by atomic mass is 79.9. The maximum absolute atomic E-state index is 6.14. The van der Waals surface area contributed by atoms with E-state index < -0.39 is 0 Å². The first-order chi connectivity index (χ1) is 8.97. The van der Waals surface area contributed by atoms with E-state index >= 15 is 0 Å². The molecule has 0 bridgehead atoms. The average Bonchev–Trinajstić information content (AvgIpc) is 2.32. The first kappa shape index (κ1) is 15.3. The highest BCUT2D eigenvalue weighted by Gasteiger charge is 2.08. The Labute approximate surface area is 139 Å². The fourth-order valence-electron chi connectivity index (χ4n) is 1.57. The maximum Gasteiger partial charge on any atom is 0.0722 e. The average molecular weight is 400 g/mol. The van der Waals surface area contributed by atoms with E-state index in [1.165, 1.54) is 0 Å². The zero-order valence-corrected chi connectivity index (χ0v) is 14.1. The second kappa shape index (κ2) is 6.55. The molecule has 0 saturated carbocycles. The summed E-state index contributed by atoms with van der Waals surface area (Å²) in [5.41, 5.74) is 1.55. The van der Waals surface area contributed by atoms with E-state index in [0.717, 1.165) is 10.0 Å². The number of anilines is 1. The summed E-state index contributed by atoms with van der Waals surface area (Å²) in [6.45, 7) is 0.487. The fraction of sp³-hybridized carbons (Fsp3) is 0.0769. The van der Waals surface area contributed by atoms with E-state index in [1.54, 1.807) is 30.3 Å². The van der Waals surface area contributed by atoms with Gasteiger partial charge in [0.15, 0.2) is 0 Å². The zero-order valence-electron chi connectivity index (χ0n) is 9.48. The van der Waals surface area contributed by atoms with Crippen LogP contribution in [-0.4, -0.2) is 0 Å².